The van der Waals surface area contributed by atoms with Crippen LogP contribution in [0.4, 0.5) is 0 Å². The van der Waals surface area contributed by atoms with Gasteiger partial charge in [0.05, 0.1) is 17.8 Å². The van der Waals surface area contributed by atoms with Crippen molar-refractivity contribution in [3.05, 3.63) is 48.3 Å². The number of hydrogen-bond donors (Lipinski definition) is 2. The lowest BCUT2D eigenvalue weighted by molar-refractivity contribution is 0.0901. The molecule has 0 unspecified atom stereocenters. The van der Waals surface area contributed by atoms with Crippen LogP contribution in [0.15, 0.2) is 42.6 Å². The summed E-state index contributed by atoms with van der Waals surface area (Å²) < 4.78 is 1.66. The van der Waals surface area contributed by atoms with Gasteiger partial charge >= 0.3 is 0 Å². The molecule has 19 heavy (non-hydrogen) atoms. The van der Waals surface area contributed by atoms with Gasteiger partial charge in [-0.25, -0.2) is 4.68 Å². The molecule has 0 spiro atoms. The minimum absolute atomic E-state index is 0.0157. The zero-order valence-electron chi connectivity index (χ0n) is 10.4. The third-order valence-corrected chi connectivity index (χ3v) is 3.38. The minimum atomic E-state index is -0.409. The Morgan fingerprint density at radius 1 is 1.32 bits per heavy atom. The monoisotopic (exact) mass is 257 g/mol. The molecule has 5 heteroatoms. The number of carbonyl (C=O) groups is 1. The summed E-state index contributed by atoms with van der Waals surface area (Å²) in [6, 6.07) is 11.3. The van der Waals surface area contributed by atoms with Gasteiger partial charge < -0.3 is 10.4 Å². The Bertz CT molecular complexity index is 588. The number of aliphatic hydroxyl groups is 1. The van der Waals surface area contributed by atoms with E-state index in [9.17, 15) is 9.90 Å². The number of nitrogens with one attached hydrogen (secondary N) is 1. The first-order chi connectivity index (χ1) is 9.22. The summed E-state index contributed by atoms with van der Waals surface area (Å²) in [6.45, 7) is -0.0157. The maximum atomic E-state index is 12.0. The van der Waals surface area contributed by atoms with Crippen molar-refractivity contribution in [3.63, 3.8) is 0 Å². The van der Waals surface area contributed by atoms with E-state index in [0.717, 1.165) is 18.5 Å². The largest absolute Gasteiger partial charge is 0.394 e. The van der Waals surface area contributed by atoms with Gasteiger partial charge in [-0.15, -0.1) is 0 Å². The molecular weight excluding hydrogens is 242 g/mol. The molecule has 1 heterocycles. The van der Waals surface area contributed by atoms with Crippen LogP contribution in [0.3, 0.4) is 0 Å². The molecule has 1 fully saturated rings. The fourth-order valence-electron chi connectivity index (χ4n) is 1.95. The number of aliphatic hydroxyl groups excluding tert-OH is 1. The van der Waals surface area contributed by atoms with E-state index in [1.54, 1.807) is 16.9 Å². The highest BCUT2D eigenvalue weighted by Gasteiger charge is 2.43. The summed E-state index contributed by atoms with van der Waals surface area (Å²) in [6.07, 6.45) is 3.41. The molecule has 0 atom stereocenters. The van der Waals surface area contributed by atoms with Gasteiger partial charge in [-0.2, -0.15) is 5.10 Å². The quantitative estimate of drug-likeness (QED) is 0.862. The number of benzene rings is 1. The fourth-order valence-corrected chi connectivity index (χ4v) is 1.95. The summed E-state index contributed by atoms with van der Waals surface area (Å²) >= 11 is 0. The number of nitrogens with zero attached hydrogens (tertiary/aromatic N) is 2. The summed E-state index contributed by atoms with van der Waals surface area (Å²) in [4.78, 5) is 12.0. The molecule has 98 valence electrons. The highest BCUT2D eigenvalue weighted by atomic mass is 16.3. The van der Waals surface area contributed by atoms with E-state index in [1.807, 2.05) is 30.3 Å². The number of carbonyl (C=O) groups excluding carboxylic acids is 1. The van der Waals surface area contributed by atoms with E-state index >= 15 is 0 Å². The standard InChI is InChI=1S/C14H15N3O2/c18-10-14(7-8-14)15-13(19)12-6-9-17(16-12)11-4-2-1-3-5-11/h1-6,9,18H,7-8,10H2,(H,15,19). The van der Waals surface area contributed by atoms with Crippen LogP contribution in [-0.2, 0) is 0 Å². The lowest BCUT2D eigenvalue weighted by Crippen LogP contribution is -2.39. The van der Waals surface area contributed by atoms with Crippen LogP contribution in [0, 0.1) is 0 Å². The van der Waals surface area contributed by atoms with Gasteiger partial charge in [0, 0.05) is 6.20 Å². The Kier molecular flexibility index (Phi) is 2.83. The third-order valence-electron chi connectivity index (χ3n) is 3.38. The fraction of sp³-hybridized carbons (Fsp3) is 0.286. The van der Waals surface area contributed by atoms with Crippen LogP contribution in [0.25, 0.3) is 5.69 Å². The van der Waals surface area contributed by atoms with Crippen LogP contribution in [0.1, 0.15) is 23.3 Å². The molecule has 0 radical (unpaired) electrons. The van der Waals surface area contributed by atoms with E-state index in [-0.39, 0.29) is 12.5 Å². The third kappa shape index (κ3) is 2.37. The highest BCUT2D eigenvalue weighted by Crippen LogP contribution is 2.34. The van der Waals surface area contributed by atoms with E-state index in [1.165, 1.54) is 0 Å². The Morgan fingerprint density at radius 3 is 2.68 bits per heavy atom. The van der Waals surface area contributed by atoms with E-state index < -0.39 is 5.54 Å². The average molecular weight is 257 g/mol. The van der Waals surface area contributed by atoms with E-state index in [0.29, 0.717) is 5.69 Å². The van der Waals surface area contributed by atoms with Crippen molar-refractivity contribution in [1.82, 2.24) is 15.1 Å². The zero-order chi connectivity index (χ0) is 13.3. The van der Waals surface area contributed by atoms with Crippen molar-refractivity contribution in [3.8, 4) is 5.69 Å². The van der Waals surface area contributed by atoms with Crippen LogP contribution in [0.2, 0.25) is 0 Å². The molecule has 2 N–H and O–H groups in total. The van der Waals surface area contributed by atoms with Crippen LogP contribution in [-0.4, -0.2) is 32.9 Å². The number of hydrogen-bond acceptors (Lipinski definition) is 3. The molecule has 5 nitrogen and oxygen atoms in total. The number of rotatable bonds is 4. The first kappa shape index (κ1) is 11.9. The minimum Gasteiger partial charge on any atom is -0.394 e. The molecule has 0 aliphatic heterocycles. The maximum Gasteiger partial charge on any atom is 0.272 e. The van der Waals surface area contributed by atoms with Crippen LogP contribution < -0.4 is 5.32 Å². The summed E-state index contributed by atoms with van der Waals surface area (Å²) in [5.41, 5.74) is 0.863. The SMILES string of the molecule is O=C(NC1(CO)CC1)c1ccn(-c2ccccc2)n1. The van der Waals surface area contributed by atoms with Gasteiger partial charge in [0.2, 0.25) is 0 Å². The van der Waals surface area contributed by atoms with Gasteiger partial charge in [-0.05, 0) is 31.0 Å². The second-order valence-corrected chi connectivity index (χ2v) is 4.87. The first-order valence-corrected chi connectivity index (χ1v) is 6.27. The molecule has 1 aliphatic carbocycles. The van der Waals surface area contributed by atoms with Crippen LogP contribution >= 0.6 is 0 Å². The first-order valence-electron chi connectivity index (χ1n) is 6.27. The molecule has 3 rings (SSSR count). The molecular formula is C14H15N3O2. The summed E-state index contributed by atoms with van der Waals surface area (Å²) in [7, 11) is 0. The summed E-state index contributed by atoms with van der Waals surface area (Å²) in [5, 5.41) is 16.3. The molecule has 1 amide bonds. The van der Waals surface area contributed by atoms with E-state index in [2.05, 4.69) is 10.4 Å². The van der Waals surface area contributed by atoms with Gasteiger partial charge in [0.15, 0.2) is 5.69 Å². The van der Waals surface area contributed by atoms with Gasteiger partial charge in [-0.3, -0.25) is 4.79 Å². The lowest BCUT2D eigenvalue weighted by Gasteiger charge is -2.12. The Balaban J connectivity index is 1.76. The van der Waals surface area contributed by atoms with Gasteiger partial charge in [0.25, 0.3) is 5.91 Å². The predicted molar refractivity (Wildman–Crippen MR) is 70.1 cm³/mol. The Hall–Kier alpha value is -2.14. The Morgan fingerprint density at radius 2 is 2.05 bits per heavy atom. The molecule has 1 saturated carbocycles. The molecule has 0 bridgehead atoms. The summed E-state index contributed by atoms with van der Waals surface area (Å²) in [5.74, 6) is -0.235. The number of aromatic nitrogens is 2. The highest BCUT2D eigenvalue weighted by molar-refractivity contribution is 5.93. The molecule has 1 aliphatic rings. The van der Waals surface area contributed by atoms with Crippen molar-refractivity contribution < 1.29 is 9.90 Å². The van der Waals surface area contributed by atoms with Crippen molar-refractivity contribution >= 4 is 5.91 Å². The van der Waals surface area contributed by atoms with Crippen molar-refractivity contribution in [2.75, 3.05) is 6.61 Å². The molecule has 1 aromatic carbocycles. The van der Waals surface area contributed by atoms with E-state index in [4.69, 9.17) is 0 Å². The number of para-hydroxylation sites is 1. The maximum absolute atomic E-state index is 12.0. The molecule has 1 aromatic heterocycles. The second-order valence-electron chi connectivity index (χ2n) is 4.87. The Labute approximate surface area is 110 Å². The van der Waals surface area contributed by atoms with Crippen molar-refractivity contribution in [1.29, 1.82) is 0 Å². The van der Waals surface area contributed by atoms with Crippen molar-refractivity contribution in [2.45, 2.75) is 18.4 Å². The van der Waals surface area contributed by atoms with Crippen LogP contribution in [0.5, 0.6) is 0 Å². The normalized spacial score (nSPS) is 16.1. The smallest absolute Gasteiger partial charge is 0.272 e. The average Bonchev–Trinajstić information content (AvgIpc) is 3.04. The lowest BCUT2D eigenvalue weighted by atomic mass is 10.3. The van der Waals surface area contributed by atoms with Crippen molar-refractivity contribution in [2.24, 2.45) is 0 Å². The number of amides is 1. The molecule has 0 saturated heterocycles. The van der Waals surface area contributed by atoms with Gasteiger partial charge in [0.1, 0.15) is 0 Å². The topological polar surface area (TPSA) is 67.2 Å². The second kappa shape index (κ2) is 4.51. The van der Waals surface area contributed by atoms with Gasteiger partial charge in [-0.1, -0.05) is 18.2 Å². The predicted octanol–water partition coefficient (Wildman–Crippen LogP) is 1.13. The molecule has 2 aromatic rings. The zero-order valence-corrected chi connectivity index (χ0v) is 10.4.